The lowest BCUT2D eigenvalue weighted by Gasteiger charge is -2.10. The zero-order chi connectivity index (χ0) is 24.9. The fourth-order valence-corrected chi connectivity index (χ4v) is 4.57. The quantitative estimate of drug-likeness (QED) is 0.151. The van der Waals surface area contributed by atoms with Gasteiger partial charge in [-0.3, -0.25) is 14.1 Å². The Labute approximate surface area is 213 Å². The molecule has 4 aromatic rings. The summed E-state index contributed by atoms with van der Waals surface area (Å²) in [5, 5.41) is 4.45. The van der Waals surface area contributed by atoms with Crippen LogP contribution in [-0.4, -0.2) is 20.0 Å². The van der Waals surface area contributed by atoms with Gasteiger partial charge in [0.05, 0.1) is 28.0 Å². The Kier molecular flexibility index (Phi) is 7.58. The number of hydrogen-bond acceptors (Lipinski definition) is 4. The van der Waals surface area contributed by atoms with E-state index in [-0.39, 0.29) is 11.5 Å². The molecule has 2 heterocycles. The molecule has 0 saturated heterocycles. The van der Waals surface area contributed by atoms with Crippen LogP contribution in [0.2, 0.25) is 10.0 Å². The predicted molar refractivity (Wildman–Crippen MR) is 142 cm³/mol. The molecule has 35 heavy (non-hydrogen) atoms. The predicted octanol–water partition coefficient (Wildman–Crippen LogP) is 4.98. The highest BCUT2D eigenvalue weighted by molar-refractivity contribution is 6.37. The second-order valence-corrected chi connectivity index (χ2v) is 8.96. The van der Waals surface area contributed by atoms with Crippen molar-refractivity contribution in [3.63, 3.8) is 0 Å². The van der Waals surface area contributed by atoms with Gasteiger partial charge in [0.2, 0.25) is 0 Å². The number of pyridine rings is 1. The number of benzene rings is 2. The molecule has 2 aromatic carbocycles. The number of para-hydroxylation sites is 1. The molecule has 0 aliphatic rings. The molecule has 0 spiro atoms. The minimum atomic E-state index is -0.201. The van der Waals surface area contributed by atoms with Gasteiger partial charge in [0.1, 0.15) is 0 Å². The van der Waals surface area contributed by atoms with Crippen LogP contribution in [-0.2, 0) is 13.0 Å². The van der Waals surface area contributed by atoms with Crippen LogP contribution in [0.25, 0.3) is 16.9 Å². The van der Waals surface area contributed by atoms with Gasteiger partial charge in [0.25, 0.3) is 0 Å². The van der Waals surface area contributed by atoms with Crippen LogP contribution in [0.15, 0.2) is 76.9 Å². The number of hydrogen-bond donors (Lipinski definition) is 2. The summed E-state index contributed by atoms with van der Waals surface area (Å²) in [7, 11) is 0. The number of aromatic nitrogens is 3. The maximum Gasteiger partial charge on any atom is 0.333 e. The van der Waals surface area contributed by atoms with Gasteiger partial charge < -0.3 is 11.6 Å². The maximum atomic E-state index is 13.5. The van der Waals surface area contributed by atoms with Crippen molar-refractivity contribution in [3.05, 3.63) is 104 Å². The molecule has 0 amide bonds. The first-order valence-corrected chi connectivity index (χ1v) is 12.0. The lowest BCUT2D eigenvalue weighted by Crippen LogP contribution is -2.25. The molecule has 2 aromatic heterocycles. The molecule has 180 valence electrons. The third-order valence-electron chi connectivity index (χ3n) is 5.81. The number of rotatable bonds is 8. The summed E-state index contributed by atoms with van der Waals surface area (Å²) in [6, 6.07) is 16.6. The lowest BCUT2D eigenvalue weighted by molar-refractivity contribution is 0.672. The molecule has 0 radical (unpaired) electrons. The van der Waals surface area contributed by atoms with Crippen LogP contribution in [0.1, 0.15) is 36.6 Å². The number of unbranched alkanes of at least 4 members (excludes halogenated alkanes) is 1. The third-order valence-corrected chi connectivity index (χ3v) is 6.42. The molecular formula is C26H26Cl2N6O. The van der Waals surface area contributed by atoms with Crippen LogP contribution in [0.4, 0.5) is 0 Å². The standard InChI is InChI=1S/C26H26Cl2N6O/c1-2-3-7-18-16-34(24-21(27)10-6-11-22(24)28)26(35)33(18)15-17-12-13-23(31-14-17)19-8-4-5-9-20(19)25(29)32-30/h4-6,8-14,16H,2-3,7,15,30H2,1H3,(H2,29,32). The van der Waals surface area contributed by atoms with Gasteiger partial charge in [0.15, 0.2) is 5.84 Å². The van der Waals surface area contributed by atoms with Crippen LogP contribution in [0.5, 0.6) is 0 Å². The van der Waals surface area contributed by atoms with Crippen molar-refractivity contribution >= 4 is 29.0 Å². The second-order valence-electron chi connectivity index (χ2n) is 8.14. The minimum absolute atomic E-state index is 0.201. The molecule has 4 N–H and O–H groups in total. The molecular weight excluding hydrogens is 483 g/mol. The molecule has 0 aliphatic carbocycles. The van der Waals surface area contributed by atoms with E-state index >= 15 is 0 Å². The van der Waals surface area contributed by atoms with E-state index in [0.29, 0.717) is 27.8 Å². The highest BCUT2D eigenvalue weighted by atomic mass is 35.5. The van der Waals surface area contributed by atoms with E-state index < -0.39 is 0 Å². The molecule has 0 bridgehead atoms. The number of amidine groups is 1. The Morgan fingerprint density at radius 1 is 1.06 bits per heavy atom. The van der Waals surface area contributed by atoms with Crippen molar-refractivity contribution in [1.29, 1.82) is 0 Å². The Hall–Kier alpha value is -3.55. The molecule has 0 fully saturated rings. The van der Waals surface area contributed by atoms with E-state index in [2.05, 4.69) is 17.0 Å². The van der Waals surface area contributed by atoms with Crippen molar-refractivity contribution in [3.8, 4) is 16.9 Å². The van der Waals surface area contributed by atoms with Gasteiger partial charge in [-0.25, -0.2) is 4.79 Å². The Balaban J connectivity index is 1.71. The molecule has 0 unspecified atom stereocenters. The van der Waals surface area contributed by atoms with Crippen LogP contribution in [0.3, 0.4) is 0 Å². The van der Waals surface area contributed by atoms with Crippen molar-refractivity contribution in [1.82, 2.24) is 14.1 Å². The van der Waals surface area contributed by atoms with E-state index in [1.165, 1.54) is 4.57 Å². The topological polar surface area (TPSA) is 104 Å². The summed E-state index contributed by atoms with van der Waals surface area (Å²) in [4.78, 5) is 18.1. The first kappa shape index (κ1) is 24.6. The van der Waals surface area contributed by atoms with Crippen LogP contribution < -0.4 is 17.3 Å². The van der Waals surface area contributed by atoms with Gasteiger partial charge in [-0.15, -0.1) is 0 Å². The fourth-order valence-electron chi connectivity index (χ4n) is 3.99. The summed E-state index contributed by atoms with van der Waals surface area (Å²) in [6.45, 7) is 2.49. The summed E-state index contributed by atoms with van der Waals surface area (Å²) < 4.78 is 3.28. The van der Waals surface area contributed by atoms with Crippen molar-refractivity contribution in [2.75, 3.05) is 0 Å². The Bertz CT molecular complexity index is 1400. The zero-order valence-electron chi connectivity index (χ0n) is 19.3. The molecule has 7 nitrogen and oxygen atoms in total. The van der Waals surface area contributed by atoms with E-state index in [1.807, 2.05) is 42.6 Å². The van der Waals surface area contributed by atoms with Crippen LogP contribution in [0, 0.1) is 0 Å². The SMILES string of the molecule is CCCCc1cn(-c2c(Cl)cccc2Cl)c(=O)n1Cc1ccc(-c2ccccc2/C(N)=N/N)nc1. The second kappa shape index (κ2) is 10.8. The number of nitrogens with two attached hydrogens (primary N) is 2. The van der Waals surface area contributed by atoms with E-state index in [9.17, 15) is 4.79 Å². The van der Waals surface area contributed by atoms with Crippen molar-refractivity contribution < 1.29 is 0 Å². The largest absolute Gasteiger partial charge is 0.382 e. The first-order valence-electron chi connectivity index (χ1n) is 11.3. The molecule has 0 atom stereocenters. The number of halogens is 2. The normalized spacial score (nSPS) is 11.7. The maximum absolute atomic E-state index is 13.5. The van der Waals surface area contributed by atoms with Gasteiger partial charge >= 0.3 is 5.69 Å². The molecule has 0 aliphatic heterocycles. The molecule has 0 saturated carbocycles. The van der Waals surface area contributed by atoms with Gasteiger partial charge in [-0.05, 0) is 36.6 Å². The summed E-state index contributed by atoms with van der Waals surface area (Å²) >= 11 is 12.8. The Morgan fingerprint density at radius 2 is 1.80 bits per heavy atom. The highest BCUT2D eigenvalue weighted by Gasteiger charge is 2.17. The first-order chi connectivity index (χ1) is 16.9. The number of hydrazone groups is 1. The van der Waals surface area contributed by atoms with E-state index in [1.54, 1.807) is 29.0 Å². The fraction of sp³-hybridized carbons (Fsp3) is 0.192. The number of nitrogens with zero attached hydrogens (tertiary/aromatic N) is 4. The third kappa shape index (κ3) is 5.11. The minimum Gasteiger partial charge on any atom is -0.382 e. The average Bonchev–Trinajstić information content (AvgIpc) is 3.17. The van der Waals surface area contributed by atoms with Crippen molar-refractivity contribution in [2.24, 2.45) is 16.7 Å². The summed E-state index contributed by atoms with van der Waals surface area (Å²) in [6.07, 6.45) is 6.32. The highest BCUT2D eigenvalue weighted by Crippen LogP contribution is 2.28. The lowest BCUT2D eigenvalue weighted by atomic mass is 10.0. The summed E-state index contributed by atoms with van der Waals surface area (Å²) in [5.74, 6) is 5.61. The van der Waals surface area contributed by atoms with Gasteiger partial charge in [-0.1, -0.05) is 72.9 Å². The summed E-state index contributed by atoms with van der Waals surface area (Å²) in [5.41, 5.74) is 10.3. The van der Waals surface area contributed by atoms with Gasteiger partial charge in [0, 0.05) is 29.2 Å². The number of imidazole rings is 1. The zero-order valence-corrected chi connectivity index (χ0v) is 20.8. The number of aryl methyl sites for hydroxylation is 1. The smallest absolute Gasteiger partial charge is 0.333 e. The van der Waals surface area contributed by atoms with Crippen LogP contribution >= 0.6 is 23.2 Å². The van der Waals surface area contributed by atoms with Crippen molar-refractivity contribution in [2.45, 2.75) is 32.7 Å². The van der Waals surface area contributed by atoms with E-state index in [4.69, 9.17) is 34.8 Å². The van der Waals surface area contributed by atoms with E-state index in [0.717, 1.165) is 41.8 Å². The monoisotopic (exact) mass is 508 g/mol. The Morgan fingerprint density at radius 3 is 2.46 bits per heavy atom. The van der Waals surface area contributed by atoms with Gasteiger partial charge in [-0.2, -0.15) is 5.10 Å². The average molecular weight is 509 g/mol. The molecule has 4 rings (SSSR count). The molecule has 9 heteroatoms.